The van der Waals surface area contributed by atoms with Crippen LogP contribution in [0.1, 0.15) is 0 Å². The summed E-state index contributed by atoms with van der Waals surface area (Å²) in [5.41, 5.74) is 0. The van der Waals surface area contributed by atoms with Gasteiger partial charge in [0.2, 0.25) is 0 Å². The topological polar surface area (TPSA) is 23.8 Å². The van der Waals surface area contributed by atoms with E-state index in [1.165, 1.54) is 6.08 Å². The molecule has 0 spiro atoms. The molecule has 0 heterocycles. The lowest BCUT2D eigenvalue weighted by atomic mass is 10.4. The van der Waals surface area contributed by atoms with Gasteiger partial charge in [-0.15, -0.1) is 0 Å². The molecule has 0 radical (unpaired) electrons. The van der Waals surface area contributed by atoms with E-state index in [2.05, 4.69) is 6.58 Å². The molecular weight excluding hydrogens is 122 g/mol. The van der Waals surface area contributed by atoms with E-state index < -0.39 is 0 Å². The van der Waals surface area contributed by atoms with Crippen LogP contribution in [0.15, 0.2) is 49.1 Å². The van der Waals surface area contributed by atoms with Crippen molar-refractivity contribution < 1.29 is 0 Å². The molecule has 0 aliphatic heterocycles. The van der Waals surface area contributed by atoms with Gasteiger partial charge in [0.05, 0.1) is 6.07 Å². The zero-order chi connectivity index (χ0) is 7.66. The van der Waals surface area contributed by atoms with Gasteiger partial charge < -0.3 is 0 Å². The Bertz CT molecular complexity index is 169. The lowest BCUT2D eigenvalue weighted by molar-refractivity contribution is 1.54. The average Bonchev–Trinajstić information content (AvgIpc) is 2.08. The minimum Gasteiger partial charge on any atom is -0.193 e. The standard InChI is InChI=1S/C6H6.C3H3N/c1-2-4-6-5-3-1;1-2-3-4/h1-6H;2H,1H2. The molecular formula is C9H9N. The molecule has 0 bridgehead atoms. The summed E-state index contributed by atoms with van der Waals surface area (Å²) in [6.45, 7) is 3.12. The molecule has 0 saturated heterocycles. The van der Waals surface area contributed by atoms with E-state index in [1.807, 2.05) is 36.4 Å². The first-order valence-corrected chi connectivity index (χ1v) is 2.92. The van der Waals surface area contributed by atoms with Crippen molar-refractivity contribution in [2.24, 2.45) is 0 Å². The van der Waals surface area contributed by atoms with Gasteiger partial charge >= 0.3 is 0 Å². The fraction of sp³-hybridized carbons (Fsp3) is 0. The van der Waals surface area contributed by atoms with Crippen molar-refractivity contribution in [2.45, 2.75) is 0 Å². The molecule has 0 atom stereocenters. The maximum absolute atomic E-state index is 7.51. The van der Waals surface area contributed by atoms with Crippen molar-refractivity contribution in [3.8, 4) is 6.07 Å². The van der Waals surface area contributed by atoms with Crippen LogP contribution in [0.3, 0.4) is 0 Å². The van der Waals surface area contributed by atoms with E-state index >= 15 is 0 Å². The molecule has 0 saturated carbocycles. The first kappa shape index (κ1) is 8.45. The number of rotatable bonds is 0. The lowest BCUT2D eigenvalue weighted by Crippen LogP contribution is -1.47. The van der Waals surface area contributed by atoms with Crippen LogP contribution in [0.25, 0.3) is 0 Å². The quantitative estimate of drug-likeness (QED) is 0.496. The zero-order valence-corrected chi connectivity index (χ0v) is 5.70. The summed E-state index contributed by atoms with van der Waals surface area (Å²) in [5.74, 6) is 0. The molecule has 10 heavy (non-hydrogen) atoms. The van der Waals surface area contributed by atoms with Crippen LogP contribution in [-0.2, 0) is 0 Å². The van der Waals surface area contributed by atoms with E-state index in [9.17, 15) is 0 Å². The largest absolute Gasteiger partial charge is 0.193 e. The third-order valence-corrected chi connectivity index (χ3v) is 0.758. The van der Waals surface area contributed by atoms with Crippen LogP contribution in [0.4, 0.5) is 0 Å². The molecule has 1 aromatic rings. The van der Waals surface area contributed by atoms with E-state index in [-0.39, 0.29) is 0 Å². The first-order valence-electron chi connectivity index (χ1n) is 2.92. The Labute approximate surface area is 61.2 Å². The van der Waals surface area contributed by atoms with Crippen molar-refractivity contribution in [1.82, 2.24) is 0 Å². The minimum absolute atomic E-state index is 1.18. The number of nitrogens with zero attached hydrogens (tertiary/aromatic N) is 1. The Morgan fingerprint density at radius 1 is 1.00 bits per heavy atom. The smallest absolute Gasteiger partial charge is 0.0905 e. The number of nitriles is 1. The second-order valence-electron chi connectivity index (χ2n) is 1.49. The highest BCUT2D eigenvalue weighted by Crippen LogP contribution is 1.79. The molecule has 1 rings (SSSR count). The molecule has 0 unspecified atom stereocenters. The van der Waals surface area contributed by atoms with Gasteiger partial charge in [-0.2, -0.15) is 5.26 Å². The zero-order valence-electron chi connectivity index (χ0n) is 5.70. The predicted molar refractivity (Wildman–Crippen MR) is 42.3 cm³/mol. The number of benzene rings is 1. The van der Waals surface area contributed by atoms with Crippen LogP contribution in [-0.4, -0.2) is 0 Å². The lowest BCUT2D eigenvalue weighted by Gasteiger charge is -1.69. The summed E-state index contributed by atoms with van der Waals surface area (Å²) >= 11 is 0. The third-order valence-electron chi connectivity index (χ3n) is 0.758. The Morgan fingerprint density at radius 3 is 1.30 bits per heavy atom. The van der Waals surface area contributed by atoms with Crippen LogP contribution < -0.4 is 0 Å². The van der Waals surface area contributed by atoms with Crippen molar-refractivity contribution >= 4 is 0 Å². The minimum atomic E-state index is 1.18. The van der Waals surface area contributed by atoms with E-state index in [1.54, 1.807) is 6.07 Å². The van der Waals surface area contributed by atoms with Crippen LogP contribution in [0.2, 0.25) is 0 Å². The van der Waals surface area contributed by atoms with Gasteiger partial charge in [0.1, 0.15) is 0 Å². The van der Waals surface area contributed by atoms with Crippen molar-refractivity contribution in [1.29, 1.82) is 5.26 Å². The van der Waals surface area contributed by atoms with Crippen molar-refractivity contribution in [2.75, 3.05) is 0 Å². The maximum Gasteiger partial charge on any atom is 0.0905 e. The van der Waals surface area contributed by atoms with Crippen molar-refractivity contribution in [3.05, 3.63) is 49.1 Å². The van der Waals surface area contributed by atoms with Gasteiger partial charge in [-0.05, 0) is 0 Å². The highest BCUT2D eigenvalue weighted by Gasteiger charge is 1.57. The van der Waals surface area contributed by atoms with E-state index in [0.717, 1.165) is 0 Å². The number of hydrogen-bond donors (Lipinski definition) is 0. The van der Waals surface area contributed by atoms with Gasteiger partial charge in [0.25, 0.3) is 0 Å². The van der Waals surface area contributed by atoms with Crippen LogP contribution >= 0.6 is 0 Å². The number of allylic oxidation sites excluding steroid dienone is 1. The molecule has 0 aliphatic carbocycles. The first-order chi connectivity index (χ1) is 4.91. The summed E-state index contributed by atoms with van der Waals surface area (Å²) in [5, 5.41) is 7.51. The molecule has 50 valence electrons. The highest BCUT2D eigenvalue weighted by molar-refractivity contribution is 4.99. The fourth-order valence-corrected chi connectivity index (χ4v) is 0.385. The van der Waals surface area contributed by atoms with Gasteiger partial charge in [-0.3, -0.25) is 0 Å². The molecule has 1 nitrogen and oxygen atoms in total. The Kier molecular flexibility index (Phi) is 6.30. The predicted octanol–water partition coefficient (Wildman–Crippen LogP) is 2.38. The molecule has 0 aromatic heterocycles. The molecule has 0 amide bonds. The van der Waals surface area contributed by atoms with E-state index in [4.69, 9.17) is 5.26 Å². The Balaban J connectivity index is 0.000000180. The third kappa shape index (κ3) is 6.45. The summed E-state index contributed by atoms with van der Waals surface area (Å²) in [7, 11) is 0. The van der Waals surface area contributed by atoms with Gasteiger partial charge in [0, 0.05) is 6.08 Å². The Morgan fingerprint density at radius 2 is 1.20 bits per heavy atom. The molecule has 1 heteroatoms. The molecule has 0 aliphatic rings. The number of hydrogen-bond acceptors (Lipinski definition) is 1. The second-order valence-corrected chi connectivity index (χ2v) is 1.49. The summed E-state index contributed by atoms with van der Waals surface area (Å²) < 4.78 is 0. The molecule has 0 N–H and O–H groups in total. The van der Waals surface area contributed by atoms with Crippen LogP contribution in [0.5, 0.6) is 0 Å². The SMILES string of the molecule is C=CC#N.c1ccccc1. The van der Waals surface area contributed by atoms with E-state index in [0.29, 0.717) is 0 Å². The molecule has 0 fully saturated rings. The monoisotopic (exact) mass is 131 g/mol. The Hall–Kier alpha value is -1.55. The van der Waals surface area contributed by atoms with Gasteiger partial charge in [0.15, 0.2) is 0 Å². The highest BCUT2D eigenvalue weighted by atomic mass is 14.2. The average molecular weight is 131 g/mol. The second kappa shape index (κ2) is 7.45. The van der Waals surface area contributed by atoms with Crippen LogP contribution in [0, 0.1) is 11.3 Å². The normalized spacial score (nSPS) is 6.30. The summed E-state index contributed by atoms with van der Waals surface area (Å²) in [6.07, 6.45) is 1.18. The maximum atomic E-state index is 7.51. The van der Waals surface area contributed by atoms with Crippen molar-refractivity contribution in [3.63, 3.8) is 0 Å². The summed E-state index contributed by atoms with van der Waals surface area (Å²) in [6, 6.07) is 13.7. The van der Waals surface area contributed by atoms with Gasteiger partial charge in [-0.25, -0.2) is 0 Å². The van der Waals surface area contributed by atoms with Gasteiger partial charge in [-0.1, -0.05) is 43.0 Å². The fourth-order valence-electron chi connectivity index (χ4n) is 0.385. The molecule has 1 aromatic carbocycles. The summed E-state index contributed by atoms with van der Waals surface area (Å²) in [4.78, 5) is 0.